The number of nitrogens with one attached hydrogen (secondary N) is 1. The van der Waals surface area contributed by atoms with Crippen LogP contribution in [0, 0.1) is 0 Å². The first-order valence-corrected chi connectivity index (χ1v) is 6.79. The average molecular weight is 288 g/mol. The van der Waals surface area contributed by atoms with Crippen LogP contribution >= 0.6 is 11.6 Å². The summed E-state index contributed by atoms with van der Waals surface area (Å²) in [6.07, 6.45) is 1.43. The van der Waals surface area contributed by atoms with E-state index < -0.39 is 10.0 Å². The number of hydrogen-bond acceptors (Lipinski definition) is 5. The number of benzene rings is 1. The lowest BCUT2D eigenvalue weighted by Gasteiger charge is -2.06. The number of nitrogens with zero attached hydrogens (tertiary/aromatic N) is 1. The van der Waals surface area contributed by atoms with Gasteiger partial charge in [-0.2, -0.15) is 0 Å². The first-order chi connectivity index (χ1) is 8.49. The van der Waals surface area contributed by atoms with Crippen LogP contribution in [0.3, 0.4) is 0 Å². The van der Waals surface area contributed by atoms with E-state index in [-0.39, 0.29) is 16.5 Å². The molecular weight excluding hydrogens is 278 g/mol. The van der Waals surface area contributed by atoms with Crippen LogP contribution in [0.1, 0.15) is 5.76 Å². The smallest absolute Gasteiger partial charge is 0.241 e. The Morgan fingerprint density at radius 1 is 1.39 bits per heavy atom. The van der Waals surface area contributed by atoms with Crippen molar-refractivity contribution < 1.29 is 12.9 Å². The van der Waals surface area contributed by atoms with Gasteiger partial charge in [-0.3, -0.25) is 0 Å². The number of anilines is 1. The van der Waals surface area contributed by atoms with Gasteiger partial charge in [-0.25, -0.2) is 13.1 Å². The van der Waals surface area contributed by atoms with Gasteiger partial charge in [0.1, 0.15) is 0 Å². The number of nitrogen functional groups attached to an aromatic ring is 1. The number of rotatable bonds is 4. The van der Waals surface area contributed by atoms with Crippen LogP contribution in [-0.2, 0) is 16.6 Å². The summed E-state index contributed by atoms with van der Waals surface area (Å²) in [7, 11) is -3.65. The fourth-order valence-corrected chi connectivity index (χ4v) is 2.52. The molecule has 2 rings (SSSR count). The summed E-state index contributed by atoms with van der Waals surface area (Å²) in [5, 5.41) is 3.67. The van der Waals surface area contributed by atoms with E-state index in [0.717, 1.165) is 0 Å². The van der Waals surface area contributed by atoms with Gasteiger partial charge in [0, 0.05) is 6.07 Å². The van der Waals surface area contributed by atoms with Gasteiger partial charge in [-0.05, 0) is 18.2 Å². The molecule has 1 aromatic heterocycles. The molecule has 1 heterocycles. The van der Waals surface area contributed by atoms with E-state index in [1.807, 2.05) is 0 Å². The Kier molecular flexibility index (Phi) is 3.55. The van der Waals surface area contributed by atoms with Gasteiger partial charge >= 0.3 is 0 Å². The Morgan fingerprint density at radius 2 is 2.17 bits per heavy atom. The van der Waals surface area contributed by atoms with Crippen molar-refractivity contribution in [2.24, 2.45) is 0 Å². The Morgan fingerprint density at radius 3 is 2.78 bits per heavy atom. The maximum atomic E-state index is 11.9. The van der Waals surface area contributed by atoms with Gasteiger partial charge in [-0.1, -0.05) is 16.8 Å². The molecule has 18 heavy (non-hydrogen) atoms. The monoisotopic (exact) mass is 287 g/mol. The molecule has 0 amide bonds. The third-order valence-corrected chi connectivity index (χ3v) is 3.94. The fraction of sp³-hybridized carbons (Fsp3) is 0.100. The number of halogens is 1. The Balaban J connectivity index is 2.17. The average Bonchev–Trinajstić information content (AvgIpc) is 2.83. The molecule has 0 bridgehead atoms. The fourth-order valence-electron chi connectivity index (χ4n) is 1.26. The molecule has 0 fully saturated rings. The van der Waals surface area contributed by atoms with E-state index in [2.05, 4.69) is 9.88 Å². The van der Waals surface area contributed by atoms with Crippen LogP contribution in [0.5, 0.6) is 0 Å². The quantitative estimate of drug-likeness (QED) is 0.828. The summed E-state index contributed by atoms with van der Waals surface area (Å²) in [4.78, 5) is 0.0428. The van der Waals surface area contributed by atoms with Gasteiger partial charge in [0.05, 0.1) is 28.3 Å². The van der Waals surface area contributed by atoms with Crippen LogP contribution in [0.2, 0.25) is 5.02 Å². The lowest BCUT2D eigenvalue weighted by Crippen LogP contribution is -2.23. The minimum Gasteiger partial charge on any atom is -0.398 e. The predicted molar refractivity (Wildman–Crippen MR) is 66.4 cm³/mol. The van der Waals surface area contributed by atoms with Crippen LogP contribution in [0.25, 0.3) is 0 Å². The number of sulfonamides is 1. The molecule has 0 atom stereocenters. The molecule has 8 heteroatoms. The van der Waals surface area contributed by atoms with Gasteiger partial charge in [0.2, 0.25) is 10.0 Å². The van der Waals surface area contributed by atoms with E-state index >= 15 is 0 Å². The number of aromatic nitrogens is 1. The summed E-state index contributed by atoms with van der Waals surface area (Å²) < 4.78 is 31.0. The van der Waals surface area contributed by atoms with Crippen LogP contribution in [0.4, 0.5) is 5.69 Å². The van der Waals surface area contributed by atoms with Crippen molar-refractivity contribution in [2.75, 3.05) is 5.73 Å². The topological polar surface area (TPSA) is 98.2 Å². The molecular formula is C10H10ClN3O3S. The van der Waals surface area contributed by atoms with E-state index in [4.69, 9.17) is 21.9 Å². The highest BCUT2D eigenvalue weighted by atomic mass is 35.5. The lowest BCUT2D eigenvalue weighted by molar-refractivity contribution is 0.380. The Hall–Kier alpha value is -1.57. The van der Waals surface area contributed by atoms with Crippen molar-refractivity contribution in [3.05, 3.63) is 41.2 Å². The molecule has 96 valence electrons. The summed E-state index contributed by atoms with van der Waals surface area (Å²) >= 11 is 5.77. The highest BCUT2D eigenvalue weighted by Crippen LogP contribution is 2.22. The highest BCUT2D eigenvalue weighted by Gasteiger charge is 2.15. The minimum absolute atomic E-state index is 0.0182. The Labute approximate surface area is 109 Å². The van der Waals surface area contributed by atoms with Crippen molar-refractivity contribution in [1.82, 2.24) is 9.88 Å². The second-order valence-electron chi connectivity index (χ2n) is 3.49. The van der Waals surface area contributed by atoms with Crippen LogP contribution in [-0.4, -0.2) is 13.6 Å². The second-order valence-corrected chi connectivity index (χ2v) is 5.66. The maximum absolute atomic E-state index is 11.9. The van der Waals surface area contributed by atoms with E-state index in [1.165, 1.54) is 24.4 Å². The molecule has 0 spiro atoms. The van der Waals surface area contributed by atoms with E-state index in [9.17, 15) is 8.42 Å². The minimum atomic E-state index is -3.65. The predicted octanol–water partition coefficient (Wildman–Crippen LogP) is 1.39. The standard InChI is InChI=1S/C10H10ClN3O3S/c11-9-5-8(1-2-10(9)12)18(15,16)14-6-7-3-4-13-17-7/h1-5,14H,6,12H2. The third-order valence-electron chi connectivity index (χ3n) is 2.21. The van der Waals surface area contributed by atoms with Crippen molar-refractivity contribution in [1.29, 1.82) is 0 Å². The van der Waals surface area contributed by atoms with Crippen molar-refractivity contribution >= 4 is 27.3 Å². The van der Waals surface area contributed by atoms with Gasteiger partial charge < -0.3 is 10.3 Å². The molecule has 3 N–H and O–H groups in total. The number of hydrogen-bond donors (Lipinski definition) is 2. The van der Waals surface area contributed by atoms with Gasteiger partial charge in [-0.15, -0.1) is 0 Å². The highest BCUT2D eigenvalue weighted by molar-refractivity contribution is 7.89. The first kappa shape index (κ1) is 12.9. The van der Waals surface area contributed by atoms with E-state index in [0.29, 0.717) is 11.4 Å². The summed E-state index contributed by atoms with van der Waals surface area (Å²) in [6, 6.07) is 5.67. The van der Waals surface area contributed by atoms with Crippen molar-refractivity contribution in [3.63, 3.8) is 0 Å². The zero-order chi connectivity index (χ0) is 13.2. The SMILES string of the molecule is Nc1ccc(S(=O)(=O)NCc2ccno2)cc1Cl. The van der Waals surface area contributed by atoms with Crippen LogP contribution < -0.4 is 10.5 Å². The Bertz CT molecular complexity index is 640. The van der Waals surface area contributed by atoms with Crippen LogP contribution in [0.15, 0.2) is 39.9 Å². The zero-order valence-electron chi connectivity index (χ0n) is 9.13. The number of nitrogens with two attached hydrogens (primary N) is 1. The molecule has 1 aromatic carbocycles. The summed E-state index contributed by atoms with van der Waals surface area (Å²) in [5.74, 6) is 0.417. The molecule has 2 aromatic rings. The molecule has 0 aliphatic carbocycles. The molecule has 0 unspecified atom stereocenters. The lowest BCUT2D eigenvalue weighted by atomic mass is 10.3. The van der Waals surface area contributed by atoms with Gasteiger partial charge in [0.15, 0.2) is 5.76 Å². The zero-order valence-corrected chi connectivity index (χ0v) is 10.7. The molecule has 0 aliphatic heterocycles. The first-order valence-electron chi connectivity index (χ1n) is 4.93. The van der Waals surface area contributed by atoms with Crippen molar-refractivity contribution in [3.8, 4) is 0 Å². The molecule has 0 radical (unpaired) electrons. The maximum Gasteiger partial charge on any atom is 0.241 e. The normalized spacial score (nSPS) is 11.6. The molecule has 0 saturated heterocycles. The van der Waals surface area contributed by atoms with E-state index in [1.54, 1.807) is 6.07 Å². The second kappa shape index (κ2) is 4.97. The van der Waals surface area contributed by atoms with Gasteiger partial charge in [0.25, 0.3) is 0 Å². The third kappa shape index (κ3) is 2.81. The van der Waals surface area contributed by atoms with Crippen molar-refractivity contribution in [2.45, 2.75) is 11.4 Å². The summed E-state index contributed by atoms with van der Waals surface area (Å²) in [6.45, 7) is 0.0182. The summed E-state index contributed by atoms with van der Waals surface area (Å²) in [5.41, 5.74) is 5.84. The molecule has 0 aliphatic rings. The molecule has 6 nitrogen and oxygen atoms in total. The largest absolute Gasteiger partial charge is 0.398 e. The molecule has 0 saturated carbocycles.